The van der Waals surface area contributed by atoms with E-state index in [0.717, 1.165) is 24.1 Å². The van der Waals surface area contributed by atoms with E-state index in [-0.39, 0.29) is 11.7 Å². The first kappa shape index (κ1) is 10.3. The summed E-state index contributed by atoms with van der Waals surface area (Å²) in [6.07, 6.45) is 3.06. The number of Topliss-reactive ketones (excluding diaryl/α,β-unsaturated/α-hetero) is 1. The van der Waals surface area contributed by atoms with Crippen molar-refractivity contribution in [3.05, 3.63) is 29.6 Å². The Morgan fingerprint density at radius 3 is 3.27 bits per heavy atom. The molecule has 1 aromatic heterocycles. The Morgan fingerprint density at radius 1 is 1.73 bits per heavy atom. The Morgan fingerprint density at radius 2 is 2.53 bits per heavy atom. The molecule has 1 aromatic rings. The summed E-state index contributed by atoms with van der Waals surface area (Å²) in [7, 11) is 0. The van der Waals surface area contributed by atoms with Crippen LogP contribution in [0.25, 0.3) is 0 Å². The molecule has 1 aliphatic rings. The molecular weight excluding hydrogens is 190 g/mol. The lowest BCUT2D eigenvalue weighted by Gasteiger charge is -2.13. The minimum atomic E-state index is -0.831. The topological polar surface area (TPSA) is 50.2 Å². The first-order valence-corrected chi connectivity index (χ1v) is 5.39. The van der Waals surface area contributed by atoms with Crippen molar-refractivity contribution in [2.45, 2.75) is 38.2 Å². The van der Waals surface area contributed by atoms with Gasteiger partial charge in [0.05, 0.1) is 11.6 Å². The molecule has 0 fully saturated rings. The van der Waals surface area contributed by atoms with Gasteiger partial charge in [-0.2, -0.15) is 0 Å². The Balaban J connectivity index is 2.24. The van der Waals surface area contributed by atoms with Crippen molar-refractivity contribution < 1.29 is 9.90 Å². The predicted molar refractivity (Wildman–Crippen MR) is 56.6 cm³/mol. The Bertz CT molecular complexity index is 376. The number of aliphatic hydroxyl groups excluding tert-OH is 1. The quantitative estimate of drug-likeness (QED) is 0.812. The van der Waals surface area contributed by atoms with Crippen molar-refractivity contribution in [3.63, 3.8) is 0 Å². The van der Waals surface area contributed by atoms with Gasteiger partial charge < -0.3 is 5.11 Å². The summed E-state index contributed by atoms with van der Waals surface area (Å²) in [6, 6.07) is 3.90. The fraction of sp³-hybridized carbons (Fsp3) is 0.500. The molecule has 1 aliphatic carbocycles. The van der Waals surface area contributed by atoms with E-state index in [1.54, 1.807) is 6.20 Å². The highest BCUT2D eigenvalue weighted by Gasteiger charge is 2.32. The molecule has 0 aromatic carbocycles. The van der Waals surface area contributed by atoms with Crippen LogP contribution in [0.4, 0.5) is 0 Å². The highest BCUT2D eigenvalue weighted by atomic mass is 16.3. The average Bonchev–Trinajstić information content (AvgIpc) is 2.70. The second-order valence-corrected chi connectivity index (χ2v) is 3.97. The van der Waals surface area contributed by atoms with Gasteiger partial charge >= 0.3 is 0 Å². The van der Waals surface area contributed by atoms with Crippen LogP contribution in [-0.2, 0) is 11.2 Å². The van der Waals surface area contributed by atoms with E-state index in [4.69, 9.17) is 0 Å². The minimum absolute atomic E-state index is 0.0741. The summed E-state index contributed by atoms with van der Waals surface area (Å²) in [5.74, 6) is -0.258. The van der Waals surface area contributed by atoms with Crippen molar-refractivity contribution in [2.24, 2.45) is 0 Å². The van der Waals surface area contributed by atoms with E-state index in [2.05, 4.69) is 4.98 Å². The molecule has 0 aliphatic heterocycles. The molecule has 0 amide bonds. The minimum Gasteiger partial charge on any atom is -0.385 e. The van der Waals surface area contributed by atoms with Gasteiger partial charge in [-0.25, -0.2) is 0 Å². The number of aryl methyl sites for hydroxylation is 1. The van der Waals surface area contributed by atoms with Crippen LogP contribution < -0.4 is 0 Å². The number of ketones is 1. The average molecular weight is 205 g/mol. The van der Waals surface area contributed by atoms with Crippen molar-refractivity contribution in [2.75, 3.05) is 0 Å². The van der Waals surface area contributed by atoms with E-state index in [9.17, 15) is 9.90 Å². The van der Waals surface area contributed by atoms with Gasteiger partial charge in [0.1, 0.15) is 6.10 Å². The third kappa shape index (κ3) is 1.79. The number of carbonyl (C=O) groups excluding carboxylic acids is 1. The first-order chi connectivity index (χ1) is 7.24. The van der Waals surface area contributed by atoms with Crippen LogP contribution >= 0.6 is 0 Å². The van der Waals surface area contributed by atoms with E-state index in [1.807, 2.05) is 19.1 Å². The molecule has 3 heteroatoms. The zero-order chi connectivity index (χ0) is 10.8. The molecular formula is C12H15NO2. The van der Waals surface area contributed by atoms with Crippen molar-refractivity contribution in [3.8, 4) is 0 Å². The summed E-state index contributed by atoms with van der Waals surface area (Å²) in [6.45, 7) is 1.82. The Labute approximate surface area is 89.2 Å². The van der Waals surface area contributed by atoms with E-state index in [1.165, 1.54) is 0 Å². The van der Waals surface area contributed by atoms with E-state index in [0.29, 0.717) is 6.42 Å². The number of pyridine rings is 1. The van der Waals surface area contributed by atoms with Gasteiger partial charge in [0.15, 0.2) is 5.78 Å². The normalized spacial score (nSPS) is 21.1. The second-order valence-electron chi connectivity index (χ2n) is 3.97. The Kier molecular flexibility index (Phi) is 2.82. The van der Waals surface area contributed by atoms with Gasteiger partial charge in [-0.1, -0.05) is 13.0 Å². The number of hydrogen-bond donors (Lipinski definition) is 1. The molecule has 0 saturated carbocycles. The molecule has 2 rings (SSSR count). The number of rotatable bonds is 3. The largest absolute Gasteiger partial charge is 0.385 e. The van der Waals surface area contributed by atoms with Gasteiger partial charge in [0.25, 0.3) is 0 Å². The number of fused-ring (bicyclic) bond motifs is 1. The van der Waals surface area contributed by atoms with Crippen LogP contribution in [0.2, 0.25) is 0 Å². The summed E-state index contributed by atoms with van der Waals surface area (Å²) in [5, 5.41) is 9.54. The predicted octanol–water partition coefficient (Wildman–Crippen LogP) is 1.45. The zero-order valence-electron chi connectivity index (χ0n) is 8.81. The fourth-order valence-electron chi connectivity index (χ4n) is 2.12. The number of aliphatic hydroxyl groups is 1. The second kappa shape index (κ2) is 4.11. The number of nitrogens with zero attached hydrogens (tertiary/aromatic N) is 1. The van der Waals surface area contributed by atoms with Crippen molar-refractivity contribution in [1.82, 2.24) is 4.98 Å². The number of carbonyl (C=O) groups is 1. The SMILES string of the molecule is CCC(O)C(=O)C1CCc2cccnc21. The van der Waals surface area contributed by atoms with E-state index < -0.39 is 6.10 Å². The van der Waals surface area contributed by atoms with Crippen LogP contribution in [0.15, 0.2) is 18.3 Å². The maximum atomic E-state index is 11.8. The van der Waals surface area contributed by atoms with Crippen LogP contribution in [0.5, 0.6) is 0 Å². The number of hydrogen-bond acceptors (Lipinski definition) is 3. The lowest BCUT2D eigenvalue weighted by Crippen LogP contribution is -2.25. The summed E-state index contributed by atoms with van der Waals surface area (Å²) < 4.78 is 0. The smallest absolute Gasteiger partial charge is 0.170 e. The zero-order valence-corrected chi connectivity index (χ0v) is 8.81. The summed E-state index contributed by atoms with van der Waals surface area (Å²) in [5.41, 5.74) is 2.02. The van der Waals surface area contributed by atoms with Crippen molar-refractivity contribution >= 4 is 5.78 Å². The molecule has 3 nitrogen and oxygen atoms in total. The Hall–Kier alpha value is -1.22. The highest BCUT2D eigenvalue weighted by molar-refractivity contribution is 5.89. The molecule has 15 heavy (non-hydrogen) atoms. The summed E-state index contributed by atoms with van der Waals surface area (Å²) >= 11 is 0. The van der Waals surface area contributed by atoms with E-state index >= 15 is 0 Å². The molecule has 1 heterocycles. The first-order valence-electron chi connectivity index (χ1n) is 5.39. The third-order valence-corrected chi connectivity index (χ3v) is 3.02. The molecule has 2 atom stereocenters. The lowest BCUT2D eigenvalue weighted by atomic mass is 9.96. The molecule has 1 N–H and O–H groups in total. The van der Waals surface area contributed by atoms with Gasteiger partial charge in [0.2, 0.25) is 0 Å². The van der Waals surface area contributed by atoms with Gasteiger partial charge in [-0.15, -0.1) is 0 Å². The highest BCUT2D eigenvalue weighted by Crippen LogP contribution is 2.32. The standard InChI is InChI=1S/C12H15NO2/c1-2-10(14)12(15)9-6-5-8-4-3-7-13-11(8)9/h3-4,7,9-10,14H,2,5-6H2,1H3. The maximum absolute atomic E-state index is 11.8. The number of aromatic nitrogens is 1. The molecule has 80 valence electrons. The molecule has 0 saturated heterocycles. The van der Waals surface area contributed by atoms with Gasteiger partial charge in [-0.05, 0) is 30.9 Å². The monoisotopic (exact) mass is 205 g/mol. The van der Waals surface area contributed by atoms with Gasteiger partial charge in [0, 0.05) is 6.20 Å². The van der Waals surface area contributed by atoms with Gasteiger partial charge in [-0.3, -0.25) is 9.78 Å². The van der Waals surface area contributed by atoms with Crippen molar-refractivity contribution in [1.29, 1.82) is 0 Å². The molecule has 0 radical (unpaired) electrons. The molecule has 0 bridgehead atoms. The molecule has 2 unspecified atom stereocenters. The van der Waals surface area contributed by atoms with Crippen LogP contribution in [-0.4, -0.2) is 22.0 Å². The molecule has 0 spiro atoms. The maximum Gasteiger partial charge on any atom is 0.170 e. The van der Waals surface area contributed by atoms with Crippen LogP contribution in [0.1, 0.15) is 36.9 Å². The van der Waals surface area contributed by atoms with Crippen LogP contribution in [0, 0.1) is 0 Å². The summed E-state index contributed by atoms with van der Waals surface area (Å²) in [4.78, 5) is 16.1. The fourth-order valence-corrected chi connectivity index (χ4v) is 2.12. The van der Waals surface area contributed by atoms with Crippen LogP contribution in [0.3, 0.4) is 0 Å². The lowest BCUT2D eigenvalue weighted by molar-refractivity contribution is -0.128. The third-order valence-electron chi connectivity index (χ3n) is 3.02.